The van der Waals surface area contributed by atoms with E-state index in [1.807, 2.05) is 0 Å². The lowest BCUT2D eigenvalue weighted by atomic mass is 9.84. The third kappa shape index (κ3) is 1.80. The molecule has 1 aliphatic heterocycles. The van der Waals surface area contributed by atoms with Gasteiger partial charge in [-0.25, -0.2) is 0 Å². The van der Waals surface area contributed by atoms with Gasteiger partial charge in [-0.1, -0.05) is 38.1 Å². The first-order valence-corrected chi connectivity index (χ1v) is 6.55. The van der Waals surface area contributed by atoms with Gasteiger partial charge in [0.25, 0.3) is 0 Å². The van der Waals surface area contributed by atoms with Gasteiger partial charge in [-0.05, 0) is 42.0 Å². The normalized spacial score (nSPS) is 31.4. The Kier molecular flexibility index (Phi) is 2.53. The van der Waals surface area contributed by atoms with Gasteiger partial charge in [0.15, 0.2) is 0 Å². The molecule has 2 N–H and O–H groups in total. The van der Waals surface area contributed by atoms with Crippen molar-refractivity contribution in [1.29, 1.82) is 0 Å². The van der Waals surface area contributed by atoms with Crippen LogP contribution in [0.1, 0.15) is 30.9 Å². The van der Waals surface area contributed by atoms with E-state index in [0.717, 1.165) is 17.8 Å². The lowest BCUT2D eigenvalue weighted by molar-refractivity contribution is 0.218. The minimum absolute atomic E-state index is 0.127. The van der Waals surface area contributed by atoms with Crippen LogP contribution in [0.15, 0.2) is 24.3 Å². The van der Waals surface area contributed by atoms with E-state index >= 15 is 0 Å². The fourth-order valence-corrected chi connectivity index (χ4v) is 3.17. The molecule has 2 fully saturated rings. The highest BCUT2D eigenvalue weighted by Gasteiger charge is 2.53. The highest BCUT2D eigenvalue weighted by atomic mass is 16.3. The average molecular weight is 231 g/mol. The monoisotopic (exact) mass is 231 g/mol. The second kappa shape index (κ2) is 3.82. The molecular weight excluding hydrogens is 210 g/mol. The fourth-order valence-electron chi connectivity index (χ4n) is 3.17. The van der Waals surface area contributed by atoms with Crippen LogP contribution in [0.2, 0.25) is 0 Å². The first-order chi connectivity index (χ1) is 8.13. The second-order valence-electron chi connectivity index (χ2n) is 6.18. The number of rotatable bonds is 3. The van der Waals surface area contributed by atoms with Crippen molar-refractivity contribution in [2.24, 2.45) is 11.8 Å². The predicted octanol–water partition coefficient (Wildman–Crippen LogP) is 1.89. The number of fused-ring (bicyclic) bond motifs is 1. The standard InChI is InChI=1S/C15H21NO/c1-15(2,9-17)11-5-3-4-10(6-11)14-12-7-16-8-13(12)14/h3-6,12-14,16-17H,7-9H2,1-2H3/t12-,13+,14+. The van der Waals surface area contributed by atoms with Crippen LogP contribution in [0.25, 0.3) is 0 Å². The molecule has 0 unspecified atom stereocenters. The molecule has 92 valence electrons. The molecule has 1 saturated heterocycles. The average Bonchev–Trinajstić information content (AvgIpc) is 2.83. The van der Waals surface area contributed by atoms with E-state index in [9.17, 15) is 5.11 Å². The molecule has 1 saturated carbocycles. The number of benzene rings is 1. The summed E-state index contributed by atoms with van der Waals surface area (Å²) in [6, 6.07) is 8.83. The maximum absolute atomic E-state index is 9.44. The van der Waals surface area contributed by atoms with Crippen LogP contribution in [-0.4, -0.2) is 24.8 Å². The van der Waals surface area contributed by atoms with E-state index in [1.165, 1.54) is 24.2 Å². The van der Waals surface area contributed by atoms with Crippen LogP contribution in [-0.2, 0) is 5.41 Å². The number of aliphatic hydroxyl groups excluding tert-OH is 1. The van der Waals surface area contributed by atoms with Crippen molar-refractivity contribution in [2.75, 3.05) is 19.7 Å². The van der Waals surface area contributed by atoms with Crippen LogP contribution >= 0.6 is 0 Å². The summed E-state index contributed by atoms with van der Waals surface area (Å²) in [5, 5.41) is 12.9. The zero-order valence-corrected chi connectivity index (χ0v) is 10.6. The molecule has 3 atom stereocenters. The Balaban J connectivity index is 1.85. The molecule has 3 rings (SSSR count). The van der Waals surface area contributed by atoms with Gasteiger partial charge < -0.3 is 10.4 Å². The number of piperidine rings is 1. The molecule has 1 aromatic rings. The van der Waals surface area contributed by atoms with Gasteiger partial charge in [-0.3, -0.25) is 0 Å². The smallest absolute Gasteiger partial charge is 0.0522 e. The van der Waals surface area contributed by atoms with Gasteiger partial charge in [-0.2, -0.15) is 0 Å². The van der Waals surface area contributed by atoms with Gasteiger partial charge >= 0.3 is 0 Å². The van der Waals surface area contributed by atoms with Crippen LogP contribution < -0.4 is 5.32 Å². The molecule has 0 amide bonds. The summed E-state index contributed by atoms with van der Waals surface area (Å²) in [4.78, 5) is 0. The molecule has 0 spiro atoms. The summed E-state index contributed by atoms with van der Waals surface area (Å²) < 4.78 is 0. The lowest BCUT2D eigenvalue weighted by Gasteiger charge is -2.23. The van der Waals surface area contributed by atoms with Crippen LogP contribution in [0.5, 0.6) is 0 Å². The lowest BCUT2D eigenvalue weighted by Crippen LogP contribution is -2.22. The van der Waals surface area contributed by atoms with Gasteiger partial charge in [0.1, 0.15) is 0 Å². The summed E-state index contributed by atoms with van der Waals surface area (Å²) in [6.07, 6.45) is 0. The Morgan fingerprint density at radius 3 is 2.65 bits per heavy atom. The van der Waals surface area contributed by atoms with Crippen molar-refractivity contribution >= 4 is 0 Å². The minimum atomic E-state index is -0.127. The Hall–Kier alpha value is -0.860. The Morgan fingerprint density at radius 2 is 2.00 bits per heavy atom. The summed E-state index contributed by atoms with van der Waals surface area (Å²) in [5.41, 5.74) is 2.61. The first-order valence-electron chi connectivity index (χ1n) is 6.55. The Labute approximate surface area is 103 Å². The SMILES string of the molecule is CC(C)(CO)c1cccc([C@H]2[C@@H]3CNC[C@@H]32)c1. The molecule has 2 nitrogen and oxygen atoms in total. The highest BCUT2D eigenvalue weighted by molar-refractivity contribution is 5.36. The third-order valence-electron chi connectivity index (χ3n) is 4.54. The van der Waals surface area contributed by atoms with E-state index < -0.39 is 0 Å². The molecule has 17 heavy (non-hydrogen) atoms. The van der Waals surface area contributed by atoms with E-state index in [4.69, 9.17) is 0 Å². The Morgan fingerprint density at radius 1 is 1.29 bits per heavy atom. The number of aliphatic hydroxyl groups is 1. The molecule has 1 aliphatic carbocycles. The topological polar surface area (TPSA) is 32.3 Å². The molecule has 0 aromatic heterocycles. The zero-order chi connectivity index (χ0) is 12.0. The Bertz CT molecular complexity index is 417. The quantitative estimate of drug-likeness (QED) is 0.832. The minimum Gasteiger partial charge on any atom is -0.395 e. The summed E-state index contributed by atoms with van der Waals surface area (Å²) >= 11 is 0. The summed E-state index contributed by atoms with van der Waals surface area (Å²) in [7, 11) is 0. The van der Waals surface area contributed by atoms with Crippen molar-refractivity contribution in [3.8, 4) is 0 Å². The molecule has 0 bridgehead atoms. The maximum Gasteiger partial charge on any atom is 0.0522 e. The van der Waals surface area contributed by atoms with Crippen molar-refractivity contribution in [3.63, 3.8) is 0 Å². The van der Waals surface area contributed by atoms with E-state index in [1.54, 1.807) is 0 Å². The van der Waals surface area contributed by atoms with Crippen LogP contribution in [0.4, 0.5) is 0 Å². The largest absolute Gasteiger partial charge is 0.395 e. The molecule has 1 heterocycles. The van der Waals surface area contributed by atoms with Gasteiger partial charge in [0, 0.05) is 5.41 Å². The van der Waals surface area contributed by atoms with Gasteiger partial charge in [0.2, 0.25) is 0 Å². The molecular formula is C15H21NO. The fraction of sp³-hybridized carbons (Fsp3) is 0.600. The van der Waals surface area contributed by atoms with Crippen molar-refractivity contribution < 1.29 is 5.11 Å². The highest BCUT2D eigenvalue weighted by Crippen LogP contribution is 2.55. The molecule has 0 radical (unpaired) electrons. The van der Waals surface area contributed by atoms with Gasteiger partial charge in [-0.15, -0.1) is 0 Å². The predicted molar refractivity (Wildman–Crippen MR) is 69.1 cm³/mol. The first kappa shape index (κ1) is 11.2. The number of hydrogen-bond donors (Lipinski definition) is 2. The molecule has 2 heteroatoms. The van der Waals surface area contributed by atoms with Crippen molar-refractivity contribution in [2.45, 2.75) is 25.2 Å². The van der Waals surface area contributed by atoms with Crippen molar-refractivity contribution in [1.82, 2.24) is 5.32 Å². The molecule has 1 aromatic carbocycles. The second-order valence-corrected chi connectivity index (χ2v) is 6.18. The third-order valence-corrected chi connectivity index (χ3v) is 4.54. The van der Waals surface area contributed by atoms with Crippen LogP contribution in [0, 0.1) is 11.8 Å². The molecule has 2 aliphatic rings. The summed E-state index contributed by atoms with van der Waals surface area (Å²) in [5.74, 6) is 2.50. The van der Waals surface area contributed by atoms with E-state index in [2.05, 4.69) is 43.4 Å². The maximum atomic E-state index is 9.44. The van der Waals surface area contributed by atoms with Crippen molar-refractivity contribution in [3.05, 3.63) is 35.4 Å². The van der Waals surface area contributed by atoms with Crippen LogP contribution in [0.3, 0.4) is 0 Å². The van der Waals surface area contributed by atoms with Gasteiger partial charge in [0.05, 0.1) is 6.61 Å². The van der Waals surface area contributed by atoms with E-state index in [0.29, 0.717) is 0 Å². The summed E-state index contributed by atoms with van der Waals surface area (Å²) in [6.45, 7) is 6.77. The zero-order valence-electron chi connectivity index (χ0n) is 10.6. The number of hydrogen-bond acceptors (Lipinski definition) is 2. The van der Waals surface area contributed by atoms with E-state index in [-0.39, 0.29) is 12.0 Å². The number of nitrogens with one attached hydrogen (secondary N) is 1.